The molecule has 0 bridgehead atoms. The average molecular weight is 273 g/mol. The van der Waals surface area contributed by atoms with Gasteiger partial charge in [-0.25, -0.2) is 4.98 Å². The van der Waals surface area contributed by atoms with Crippen molar-refractivity contribution in [1.82, 2.24) is 14.5 Å². The third-order valence-electron chi connectivity index (χ3n) is 3.51. The highest BCUT2D eigenvalue weighted by atomic mass is 16.3. The first-order valence-corrected chi connectivity index (χ1v) is 7.12. The van der Waals surface area contributed by atoms with Crippen molar-refractivity contribution in [3.05, 3.63) is 54.1 Å². The summed E-state index contributed by atoms with van der Waals surface area (Å²) in [5, 5.41) is 10.2. The molecule has 1 N–H and O–H groups in total. The van der Waals surface area contributed by atoms with Gasteiger partial charge < -0.3 is 14.6 Å². The van der Waals surface area contributed by atoms with E-state index in [0.29, 0.717) is 6.54 Å². The Labute approximate surface area is 120 Å². The SMILES string of the molecule is CCc1nccn1CCN(C)C[C@@H](O)c1ccccc1. The zero-order valence-electron chi connectivity index (χ0n) is 12.2. The maximum absolute atomic E-state index is 10.2. The number of aliphatic hydroxyl groups is 1. The van der Waals surface area contributed by atoms with Gasteiger partial charge in [-0.05, 0) is 12.6 Å². The van der Waals surface area contributed by atoms with E-state index < -0.39 is 6.10 Å². The molecule has 0 radical (unpaired) electrons. The highest BCUT2D eigenvalue weighted by Gasteiger charge is 2.10. The van der Waals surface area contributed by atoms with Gasteiger partial charge in [-0.2, -0.15) is 0 Å². The number of rotatable bonds is 7. The Morgan fingerprint density at radius 3 is 2.75 bits per heavy atom. The summed E-state index contributed by atoms with van der Waals surface area (Å²) in [5.74, 6) is 1.11. The van der Waals surface area contributed by atoms with Crippen LogP contribution in [0.5, 0.6) is 0 Å². The van der Waals surface area contributed by atoms with Gasteiger partial charge in [0.1, 0.15) is 5.82 Å². The predicted molar refractivity (Wildman–Crippen MR) is 80.5 cm³/mol. The summed E-state index contributed by atoms with van der Waals surface area (Å²) in [6.07, 6.45) is 4.37. The topological polar surface area (TPSA) is 41.3 Å². The van der Waals surface area contributed by atoms with Crippen molar-refractivity contribution in [3.63, 3.8) is 0 Å². The second kappa shape index (κ2) is 7.22. The minimum Gasteiger partial charge on any atom is -0.387 e. The molecule has 20 heavy (non-hydrogen) atoms. The Bertz CT molecular complexity index is 509. The fourth-order valence-electron chi connectivity index (χ4n) is 2.30. The molecular formula is C16H23N3O. The van der Waals surface area contributed by atoms with E-state index in [1.54, 1.807) is 0 Å². The summed E-state index contributed by atoms with van der Waals surface area (Å²) in [6.45, 7) is 4.55. The Kier molecular flexibility index (Phi) is 5.32. The first-order valence-electron chi connectivity index (χ1n) is 7.12. The normalized spacial score (nSPS) is 12.8. The van der Waals surface area contributed by atoms with Crippen LogP contribution in [0.25, 0.3) is 0 Å². The van der Waals surface area contributed by atoms with E-state index in [2.05, 4.69) is 21.4 Å². The highest BCUT2D eigenvalue weighted by Crippen LogP contribution is 2.13. The van der Waals surface area contributed by atoms with Crippen molar-refractivity contribution in [3.8, 4) is 0 Å². The molecule has 2 aromatic rings. The first-order chi connectivity index (χ1) is 9.70. The summed E-state index contributed by atoms with van der Waals surface area (Å²) in [4.78, 5) is 6.47. The number of hydrogen-bond donors (Lipinski definition) is 1. The van der Waals surface area contributed by atoms with Crippen LogP contribution in [0.3, 0.4) is 0 Å². The van der Waals surface area contributed by atoms with Crippen LogP contribution in [0.15, 0.2) is 42.7 Å². The minimum atomic E-state index is -0.436. The van der Waals surface area contributed by atoms with Crippen LogP contribution in [-0.4, -0.2) is 39.7 Å². The van der Waals surface area contributed by atoms with Gasteiger partial charge in [0.25, 0.3) is 0 Å². The summed E-state index contributed by atoms with van der Waals surface area (Å²) < 4.78 is 2.17. The van der Waals surface area contributed by atoms with E-state index in [9.17, 15) is 5.11 Å². The second-order valence-corrected chi connectivity index (χ2v) is 5.08. The van der Waals surface area contributed by atoms with Crippen LogP contribution in [0, 0.1) is 0 Å². The lowest BCUT2D eigenvalue weighted by atomic mass is 10.1. The van der Waals surface area contributed by atoms with Gasteiger partial charge in [0, 0.05) is 38.4 Å². The lowest BCUT2D eigenvalue weighted by molar-refractivity contribution is 0.125. The molecule has 0 aliphatic heterocycles. The molecule has 4 heteroatoms. The second-order valence-electron chi connectivity index (χ2n) is 5.08. The molecule has 2 rings (SSSR count). The Balaban J connectivity index is 1.82. The molecule has 0 fully saturated rings. The molecule has 0 spiro atoms. The molecule has 0 amide bonds. The number of aromatic nitrogens is 2. The van der Waals surface area contributed by atoms with Gasteiger partial charge in [0.05, 0.1) is 6.10 Å². The molecule has 1 atom stereocenters. The van der Waals surface area contributed by atoms with Crippen LogP contribution in [0.2, 0.25) is 0 Å². The lowest BCUT2D eigenvalue weighted by Crippen LogP contribution is -2.28. The van der Waals surface area contributed by atoms with Crippen molar-refractivity contribution in [2.45, 2.75) is 26.0 Å². The molecule has 108 valence electrons. The van der Waals surface area contributed by atoms with Gasteiger partial charge in [-0.1, -0.05) is 37.3 Å². The zero-order chi connectivity index (χ0) is 14.4. The molecule has 0 aliphatic rings. The number of nitrogens with zero attached hydrogens (tertiary/aromatic N) is 3. The quantitative estimate of drug-likeness (QED) is 0.840. The number of likely N-dealkylation sites (N-methyl/N-ethyl adjacent to an activating group) is 1. The maximum atomic E-state index is 10.2. The van der Waals surface area contributed by atoms with Crippen LogP contribution >= 0.6 is 0 Å². The van der Waals surface area contributed by atoms with Crippen molar-refractivity contribution in [1.29, 1.82) is 0 Å². The van der Waals surface area contributed by atoms with E-state index in [0.717, 1.165) is 30.9 Å². The fourth-order valence-corrected chi connectivity index (χ4v) is 2.30. The third-order valence-corrected chi connectivity index (χ3v) is 3.51. The van der Waals surface area contributed by atoms with E-state index in [4.69, 9.17) is 0 Å². The predicted octanol–water partition coefficient (Wildman–Crippen LogP) is 2.11. The van der Waals surface area contributed by atoms with Gasteiger partial charge >= 0.3 is 0 Å². The van der Waals surface area contributed by atoms with Gasteiger partial charge in [0.2, 0.25) is 0 Å². The van der Waals surface area contributed by atoms with Crippen LogP contribution in [0.1, 0.15) is 24.4 Å². The maximum Gasteiger partial charge on any atom is 0.108 e. The first kappa shape index (κ1) is 14.8. The molecule has 0 aliphatic carbocycles. The van der Waals surface area contributed by atoms with Crippen LogP contribution in [-0.2, 0) is 13.0 Å². The standard InChI is InChI=1S/C16H23N3O/c1-3-16-17-9-10-19(16)12-11-18(2)13-15(20)14-7-5-4-6-8-14/h4-10,15,20H,3,11-13H2,1-2H3/t15-/m1/s1. The third kappa shape index (κ3) is 3.92. The van der Waals surface area contributed by atoms with Crippen molar-refractivity contribution in [2.24, 2.45) is 0 Å². The largest absolute Gasteiger partial charge is 0.387 e. The monoisotopic (exact) mass is 273 g/mol. The zero-order valence-corrected chi connectivity index (χ0v) is 12.2. The van der Waals surface area contributed by atoms with E-state index in [1.165, 1.54) is 0 Å². The molecule has 1 aromatic heterocycles. The van der Waals surface area contributed by atoms with Crippen LogP contribution < -0.4 is 0 Å². The van der Waals surface area contributed by atoms with E-state index >= 15 is 0 Å². The lowest BCUT2D eigenvalue weighted by Gasteiger charge is -2.21. The number of aliphatic hydroxyl groups excluding tert-OH is 1. The number of aryl methyl sites for hydroxylation is 1. The molecule has 0 saturated carbocycles. The number of hydrogen-bond acceptors (Lipinski definition) is 3. The highest BCUT2D eigenvalue weighted by molar-refractivity contribution is 5.17. The Morgan fingerprint density at radius 2 is 2.05 bits per heavy atom. The van der Waals surface area contributed by atoms with E-state index in [1.807, 2.05) is 49.8 Å². The summed E-state index contributed by atoms with van der Waals surface area (Å²) in [5.41, 5.74) is 0.969. The van der Waals surface area contributed by atoms with Gasteiger partial charge in [-0.3, -0.25) is 0 Å². The smallest absolute Gasteiger partial charge is 0.108 e. The Hall–Kier alpha value is -1.65. The minimum absolute atomic E-state index is 0.436. The number of imidazole rings is 1. The fraction of sp³-hybridized carbons (Fsp3) is 0.438. The summed E-state index contributed by atoms with van der Waals surface area (Å²) in [6, 6.07) is 9.80. The van der Waals surface area contributed by atoms with E-state index in [-0.39, 0.29) is 0 Å². The van der Waals surface area contributed by atoms with Crippen molar-refractivity contribution >= 4 is 0 Å². The average Bonchev–Trinajstić information content (AvgIpc) is 2.93. The molecule has 0 saturated heterocycles. The summed E-state index contributed by atoms with van der Waals surface area (Å²) in [7, 11) is 2.04. The van der Waals surface area contributed by atoms with Crippen molar-refractivity contribution in [2.75, 3.05) is 20.1 Å². The van der Waals surface area contributed by atoms with Gasteiger partial charge in [0.15, 0.2) is 0 Å². The molecule has 1 heterocycles. The van der Waals surface area contributed by atoms with Gasteiger partial charge in [-0.15, -0.1) is 0 Å². The van der Waals surface area contributed by atoms with Crippen LogP contribution in [0.4, 0.5) is 0 Å². The Morgan fingerprint density at radius 1 is 1.30 bits per heavy atom. The number of benzene rings is 1. The molecule has 1 aromatic carbocycles. The summed E-state index contributed by atoms with van der Waals surface area (Å²) >= 11 is 0. The molecule has 0 unspecified atom stereocenters. The molecule has 4 nitrogen and oxygen atoms in total. The van der Waals surface area contributed by atoms with Crippen molar-refractivity contribution < 1.29 is 5.11 Å². The molecular weight excluding hydrogens is 250 g/mol.